The molecule has 0 saturated heterocycles. The minimum Gasteiger partial charge on any atom is -0.501 e. The fourth-order valence-corrected chi connectivity index (χ4v) is 1.34. The molecule has 2 N–H and O–H groups in total. The Bertz CT molecular complexity index is 213. The highest BCUT2D eigenvalue weighted by Gasteiger charge is 2.17. The van der Waals surface area contributed by atoms with Gasteiger partial charge in [-0.3, -0.25) is 4.79 Å². The van der Waals surface area contributed by atoms with Crippen molar-refractivity contribution < 1.29 is 14.6 Å². The van der Waals surface area contributed by atoms with Crippen molar-refractivity contribution in [1.29, 1.82) is 0 Å². The maximum Gasteiger partial charge on any atom is 0.321 e. The molecule has 0 aromatic rings. The zero-order chi connectivity index (χ0) is 9.68. The number of carboxylic acids is 1. The molecule has 1 unspecified atom stereocenters. The molecular formula is C9H15NO3. The smallest absolute Gasteiger partial charge is 0.321 e. The van der Waals surface area contributed by atoms with E-state index in [1.165, 1.54) is 0 Å². The van der Waals surface area contributed by atoms with Gasteiger partial charge in [0.15, 0.2) is 0 Å². The van der Waals surface area contributed by atoms with Gasteiger partial charge < -0.3 is 15.2 Å². The second-order valence-electron chi connectivity index (χ2n) is 3.13. The summed E-state index contributed by atoms with van der Waals surface area (Å²) in [6, 6.07) is -0.493. The molecule has 4 nitrogen and oxygen atoms in total. The zero-order valence-electron chi connectivity index (χ0n) is 7.75. The molecule has 0 spiro atoms. The lowest BCUT2D eigenvalue weighted by atomic mass is 10.0. The van der Waals surface area contributed by atoms with Gasteiger partial charge in [-0.1, -0.05) is 0 Å². The van der Waals surface area contributed by atoms with E-state index in [4.69, 9.17) is 9.84 Å². The summed E-state index contributed by atoms with van der Waals surface area (Å²) in [5, 5.41) is 11.5. The summed E-state index contributed by atoms with van der Waals surface area (Å²) < 4.78 is 5.12. The van der Waals surface area contributed by atoms with Gasteiger partial charge in [0.05, 0.1) is 12.9 Å². The van der Waals surface area contributed by atoms with Crippen LogP contribution < -0.4 is 5.32 Å². The zero-order valence-corrected chi connectivity index (χ0v) is 7.75. The van der Waals surface area contributed by atoms with Crippen molar-refractivity contribution in [2.24, 2.45) is 0 Å². The molecule has 1 aliphatic heterocycles. The maximum atomic E-state index is 10.7. The van der Waals surface area contributed by atoms with Gasteiger partial charge in [0.2, 0.25) is 0 Å². The van der Waals surface area contributed by atoms with E-state index in [0.717, 1.165) is 25.0 Å². The molecule has 1 aliphatic rings. The van der Waals surface area contributed by atoms with E-state index in [2.05, 4.69) is 5.32 Å². The molecule has 1 rings (SSSR count). The fourth-order valence-electron chi connectivity index (χ4n) is 1.34. The molecule has 0 aromatic heterocycles. The Morgan fingerprint density at radius 2 is 2.62 bits per heavy atom. The molecule has 1 heterocycles. The Balaban J connectivity index is 2.45. The Kier molecular flexibility index (Phi) is 3.76. The third kappa shape index (κ3) is 3.06. The van der Waals surface area contributed by atoms with E-state index in [9.17, 15) is 4.79 Å². The predicted octanol–water partition coefficient (Wildman–Crippen LogP) is 0.743. The molecule has 4 heteroatoms. The fraction of sp³-hybridized carbons (Fsp3) is 0.667. The molecule has 74 valence electrons. The standard InChI is InChI=1S/C9H15NO3/c1-10-8(9(11)12)5-7-3-2-4-13-6-7/h6,8,10H,2-5H2,1H3,(H,11,12). The third-order valence-electron chi connectivity index (χ3n) is 2.12. The molecule has 0 aliphatic carbocycles. The number of nitrogens with one attached hydrogen (secondary N) is 1. The first-order valence-corrected chi connectivity index (χ1v) is 4.43. The predicted molar refractivity (Wildman–Crippen MR) is 48.4 cm³/mol. The van der Waals surface area contributed by atoms with Gasteiger partial charge in [-0.15, -0.1) is 0 Å². The number of ether oxygens (including phenoxy) is 1. The topological polar surface area (TPSA) is 58.6 Å². The molecule has 13 heavy (non-hydrogen) atoms. The summed E-state index contributed by atoms with van der Waals surface area (Å²) in [5.41, 5.74) is 1.08. The molecule has 0 bridgehead atoms. The molecule has 0 amide bonds. The van der Waals surface area contributed by atoms with Gasteiger partial charge in [0.1, 0.15) is 6.04 Å². The summed E-state index contributed by atoms with van der Waals surface area (Å²) in [6.45, 7) is 0.751. The van der Waals surface area contributed by atoms with Crippen molar-refractivity contribution in [3.05, 3.63) is 11.8 Å². The second-order valence-corrected chi connectivity index (χ2v) is 3.13. The first-order valence-electron chi connectivity index (χ1n) is 4.43. The number of likely N-dealkylation sites (N-methyl/N-ethyl adjacent to an activating group) is 1. The van der Waals surface area contributed by atoms with Crippen LogP contribution in [0.4, 0.5) is 0 Å². The minimum atomic E-state index is -0.811. The Morgan fingerprint density at radius 1 is 1.85 bits per heavy atom. The van der Waals surface area contributed by atoms with Crippen molar-refractivity contribution >= 4 is 5.97 Å². The van der Waals surface area contributed by atoms with E-state index >= 15 is 0 Å². The Labute approximate surface area is 77.6 Å². The van der Waals surface area contributed by atoms with E-state index in [1.54, 1.807) is 13.3 Å². The minimum absolute atomic E-state index is 0.493. The van der Waals surface area contributed by atoms with E-state index in [0.29, 0.717) is 6.42 Å². The van der Waals surface area contributed by atoms with Crippen molar-refractivity contribution in [3.8, 4) is 0 Å². The van der Waals surface area contributed by atoms with Gasteiger partial charge in [-0.05, 0) is 31.9 Å². The molecule has 0 fully saturated rings. The lowest BCUT2D eigenvalue weighted by Crippen LogP contribution is -2.34. The number of hydrogen-bond donors (Lipinski definition) is 2. The second kappa shape index (κ2) is 4.87. The van der Waals surface area contributed by atoms with Crippen molar-refractivity contribution in [2.75, 3.05) is 13.7 Å². The average Bonchev–Trinajstić information content (AvgIpc) is 2.15. The van der Waals surface area contributed by atoms with E-state index in [-0.39, 0.29) is 0 Å². The highest BCUT2D eigenvalue weighted by atomic mass is 16.5. The Morgan fingerprint density at radius 3 is 3.08 bits per heavy atom. The summed E-state index contributed by atoms with van der Waals surface area (Å²) in [7, 11) is 1.66. The summed E-state index contributed by atoms with van der Waals surface area (Å²) in [5.74, 6) is -0.811. The summed E-state index contributed by atoms with van der Waals surface area (Å²) in [6.07, 6.45) is 4.16. The number of carboxylic acid groups (broad SMARTS) is 1. The van der Waals surface area contributed by atoms with Crippen molar-refractivity contribution in [2.45, 2.75) is 25.3 Å². The average molecular weight is 185 g/mol. The maximum absolute atomic E-state index is 10.7. The lowest BCUT2D eigenvalue weighted by molar-refractivity contribution is -0.139. The number of carbonyl (C=O) groups is 1. The number of aliphatic carboxylic acids is 1. The van der Waals surface area contributed by atoms with Crippen molar-refractivity contribution in [1.82, 2.24) is 5.32 Å². The van der Waals surface area contributed by atoms with Crippen LogP contribution in [0.15, 0.2) is 11.8 Å². The van der Waals surface area contributed by atoms with Crippen molar-refractivity contribution in [3.63, 3.8) is 0 Å². The summed E-state index contributed by atoms with van der Waals surface area (Å²) >= 11 is 0. The van der Waals surface area contributed by atoms with Gasteiger partial charge in [-0.25, -0.2) is 0 Å². The Hall–Kier alpha value is -1.03. The number of rotatable bonds is 4. The quantitative estimate of drug-likeness (QED) is 0.678. The van der Waals surface area contributed by atoms with Gasteiger partial charge in [-0.2, -0.15) is 0 Å². The molecular weight excluding hydrogens is 170 g/mol. The molecule has 1 atom stereocenters. The van der Waals surface area contributed by atoms with Crippen LogP contribution in [0, 0.1) is 0 Å². The van der Waals surface area contributed by atoms with Crippen LogP contribution in [0.2, 0.25) is 0 Å². The number of hydrogen-bond acceptors (Lipinski definition) is 3. The normalized spacial score (nSPS) is 18.7. The summed E-state index contributed by atoms with van der Waals surface area (Å²) in [4.78, 5) is 10.7. The van der Waals surface area contributed by atoms with Crippen LogP contribution in [-0.4, -0.2) is 30.8 Å². The largest absolute Gasteiger partial charge is 0.501 e. The van der Waals surface area contributed by atoms with Crippen LogP contribution in [0.3, 0.4) is 0 Å². The molecule has 0 saturated carbocycles. The van der Waals surface area contributed by atoms with Crippen LogP contribution >= 0.6 is 0 Å². The van der Waals surface area contributed by atoms with Gasteiger partial charge in [0, 0.05) is 0 Å². The van der Waals surface area contributed by atoms with Crippen LogP contribution in [0.25, 0.3) is 0 Å². The SMILES string of the molecule is CNC(CC1=COCCC1)C(=O)O. The van der Waals surface area contributed by atoms with E-state index in [1.807, 2.05) is 0 Å². The van der Waals surface area contributed by atoms with Crippen LogP contribution in [0.5, 0.6) is 0 Å². The van der Waals surface area contributed by atoms with Gasteiger partial charge in [0.25, 0.3) is 0 Å². The van der Waals surface area contributed by atoms with Crippen LogP contribution in [-0.2, 0) is 9.53 Å². The lowest BCUT2D eigenvalue weighted by Gasteiger charge is -2.17. The molecule has 0 radical (unpaired) electrons. The monoisotopic (exact) mass is 185 g/mol. The third-order valence-corrected chi connectivity index (χ3v) is 2.12. The van der Waals surface area contributed by atoms with Crippen LogP contribution in [0.1, 0.15) is 19.3 Å². The highest BCUT2D eigenvalue weighted by molar-refractivity contribution is 5.73. The first-order chi connectivity index (χ1) is 6.24. The van der Waals surface area contributed by atoms with Gasteiger partial charge >= 0.3 is 5.97 Å². The van der Waals surface area contributed by atoms with E-state index < -0.39 is 12.0 Å². The first kappa shape index (κ1) is 10.1. The molecule has 0 aromatic carbocycles. The highest BCUT2D eigenvalue weighted by Crippen LogP contribution is 2.16.